The first-order chi connectivity index (χ1) is 9.09. The Kier molecular flexibility index (Phi) is 4.42. The lowest BCUT2D eigenvalue weighted by Crippen LogP contribution is -2.57. The van der Waals surface area contributed by atoms with Crippen LogP contribution in [0, 0.1) is 0 Å². The third-order valence-corrected chi connectivity index (χ3v) is 4.41. The van der Waals surface area contributed by atoms with Crippen molar-refractivity contribution >= 4 is 5.82 Å². The number of nitrogens with zero attached hydrogens (tertiary/aromatic N) is 3. The average molecular weight is 262 g/mol. The van der Waals surface area contributed by atoms with Gasteiger partial charge in [-0.05, 0) is 58.0 Å². The first-order valence-corrected chi connectivity index (χ1v) is 7.11. The fraction of sp³-hybridized carbons (Fsp3) is 0.667. The van der Waals surface area contributed by atoms with Crippen LogP contribution in [0.2, 0.25) is 0 Å². The lowest BCUT2D eigenvalue weighted by atomic mass is 9.75. The van der Waals surface area contributed by atoms with Crippen LogP contribution in [0.25, 0.3) is 0 Å². The number of anilines is 1. The molecule has 4 heteroatoms. The second-order valence-electron chi connectivity index (χ2n) is 5.85. The maximum atomic E-state index is 5.69. The Bertz CT molecular complexity index is 412. The SMILES string of the molecule is CN(CC1(N(C)C)CCC1)c1ncccc1CCN. The topological polar surface area (TPSA) is 45.4 Å². The second kappa shape index (κ2) is 5.88. The molecular formula is C15H26N4. The number of nitrogens with two attached hydrogens (primary N) is 1. The van der Waals surface area contributed by atoms with Crippen LogP contribution < -0.4 is 10.6 Å². The summed E-state index contributed by atoms with van der Waals surface area (Å²) < 4.78 is 0. The van der Waals surface area contributed by atoms with Crippen molar-refractivity contribution in [2.45, 2.75) is 31.2 Å². The summed E-state index contributed by atoms with van der Waals surface area (Å²) in [6, 6.07) is 4.13. The van der Waals surface area contributed by atoms with Gasteiger partial charge in [-0.2, -0.15) is 0 Å². The van der Waals surface area contributed by atoms with Gasteiger partial charge in [-0.15, -0.1) is 0 Å². The molecule has 0 spiro atoms. The summed E-state index contributed by atoms with van der Waals surface area (Å²) >= 11 is 0. The van der Waals surface area contributed by atoms with Gasteiger partial charge in [-0.1, -0.05) is 6.07 Å². The molecule has 0 radical (unpaired) electrons. The van der Waals surface area contributed by atoms with E-state index in [0.717, 1.165) is 18.8 Å². The minimum atomic E-state index is 0.326. The zero-order valence-electron chi connectivity index (χ0n) is 12.4. The molecule has 0 bridgehead atoms. The van der Waals surface area contributed by atoms with Gasteiger partial charge in [-0.3, -0.25) is 0 Å². The molecule has 0 aliphatic heterocycles. The lowest BCUT2D eigenvalue weighted by Gasteiger charge is -2.49. The van der Waals surface area contributed by atoms with E-state index in [4.69, 9.17) is 5.73 Å². The van der Waals surface area contributed by atoms with E-state index in [2.05, 4.69) is 42.0 Å². The van der Waals surface area contributed by atoms with E-state index < -0.39 is 0 Å². The van der Waals surface area contributed by atoms with Crippen molar-refractivity contribution in [3.05, 3.63) is 23.9 Å². The lowest BCUT2D eigenvalue weighted by molar-refractivity contribution is 0.0681. The molecule has 1 aromatic heterocycles. The molecule has 0 amide bonds. The molecule has 1 aromatic rings. The van der Waals surface area contributed by atoms with Gasteiger partial charge >= 0.3 is 0 Å². The Morgan fingerprint density at radius 2 is 2.05 bits per heavy atom. The Morgan fingerprint density at radius 1 is 1.32 bits per heavy atom. The van der Waals surface area contributed by atoms with Gasteiger partial charge < -0.3 is 15.5 Å². The molecule has 0 atom stereocenters. The maximum absolute atomic E-state index is 5.69. The van der Waals surface area contributed by atoms with Gasteiger partial charge in [0.25, 0.3) is 0 Å². The number of hydrogen-bond donors (Lipinski definition) is 1. The van der Waals surface area contributed by atoms with Crippen molar-refractivity contribution in [3.8, 4) is 0 Å². The minimum Gasteiger partial charge on any atom is -0.358 e. The van der Waals surface area contributed by atoms with Crippen LogP contribution >= 0.6 is 0 Å². The maximum Gasteiger partial charge on any atom is 0.131 e. The molecule has 1 heterocycles. The zero-order chi connectivity index (χ0) is 13.9. The van der Waals surface area contributed by atoms with Crippen LogP contribution in [0.5, 0.6) is 0 Å². The highest BCUT2D eigenvalue weighted by atomic mass is 15.2. The Labute approximate surface area is 116 Å². The normalized spacial score (nSPS) is 17.3. The van der Waals surface area contributed by atoms with Crippen molar-refractivity contribution in [2.75, 3.05) is 39.1 Å². The van der Waals surface area contributed by atoms with Crippen molar-refractivity contribution in [3.63, 3.8) is 0 Å². The Morgan fingerprint density at radius 3 is 2.58 bits per heavy atom. The minimum absolute atomic E-state index is 0.326. The third kappa shape index (κ3) is 2.90. The van der Waals surface area contributed by atoms with Gasteiger partial charge in [-0.25, -0.2) is 4.98 Å². The van der Waals surface area contributed by atoms with E-state index in [9.17, 15) is 0 Å². The summed E-state index contributed by atoms with van der Waals surface area (Å²) in [5.41, 5.74) is 7.26. The highest BCUT2D eigenvalue weighted by molar-refractivity contribution is 5.46. The zero-order valence-corrected chi connectivity index (χ0v) is 12.4. The van der Waals surface area contributed by atoms with Crippen LogP contribution in [-0.2, 0) is 6.42 Å². The largest absolute Gasteiger partial charge is 0.358 e. The molecular weight excluding hydrogens is 236 g/mol. The summed E-state index contributed by atoms with van der Waals surface area (Å²) in [7, 11) is 6.52. The van der Waals surface area contributed by atoms with E-state index in [1.165, 1.54) is 24.8 Å². The van der Waals surface area contributed by atoms with Crippen molar-refractivity contribution in [2.24, 2.45) is 5.73 Å². The molecule has 2 N–H and O–H groups in total. The number of pyridine rings is 1. The molecule has 19 heavy (non-hydrogen) atoms. The Balaban J connectivity index is 2.13. The van der Waals surface area contributed by atoms with Gasteiger partial charge in [0.2, 0.25) is 0 Å². The highest BCUT2D eigenvalue weighted by Gasteiger charge is 2.40. The van der Waals surface area contributed by atoms with Crippen LogP contribution in [0.4, 0.5) is 5.82 Å². The van der Waals surface area contributed by atoms with Gasteiger partial charge in [0.1, 0.15) is 5.82 Å². The molecule has 1 aliphatic rings. The van der Waals surface area contributed by atoms with E-state index in [0.29, 0.717) is 12.1 Å². The third-order valence-electron chi connectivity index (χ3n) is 4.41. The molecule has 106 valence electrons. The predicted octanol–water partition coefficient (Wildman–Crippen LogP) is 1.50. The average Bonchev–Trinajstić information content (AvgIpc) is 2.34. The molecule has 2 rings (SSSR count). The second-order valence-corrected chi connectivity index (χ2v) is 5.85. The summed E-state index contributed by atoms with van der Waals surface area (Å²) in [5, 5.41) is 0. The first-order valence-electron chi connectivity index (χ1n) is 7.11. The Hall–Kier alpha value is -1.13. The highest BCUT2D eigenvalue weighted by Crippen LogP contribution is 2.37. The van der Waals surface area contributed by atoms with E-state index in [-0.39, 0.29) is 0 Å². The van der Waals surface area contributed by atoms with E-state index in [1.807, 2.05) is 12.3 Å². The number of aromatic nitrogens is 1. The van der Waals surface area contributed by atoms with Crippen molar-refractivity contribution < 1.29 is 0 Å². The summed E-state index contributed by atoms with van der Waals surface area (Å²) in [6.07, 6.45) is 6.66. The molecule has 1 saturated carbocycles. The van der Waals surface area contributed by atoms with Crippen LogP contribution in [0.15, 0.2) is 18.3 Å². The van der Waals surface area contributed by atoms with Gasteiger partial charge in [0.05, 0.1) is 0 Å². The predicted molar refractivity (Wildman–Crippen MR) is 80.5 cm³/mol. The van der Waals surface area contributed by atoms with Gasteiger partial charge in [0.15, 0.2) is 0 Å². The molecule has 0 aromatic carbocycles. The smallest absolute Gasteiger partial charge is 0.131 e. The quantitative estimate of drug-likeness (QED) is 0.844. The molecule has 0 saturated heterocycles. The first kappa shape index (κ1) is 14.3. The van der Waals surface area contributed by atoms with Crippen LogP contribution in [0.3, 0.4) is 0 Å². The fourth-order valence-corrected chi connectivity index (χ4v) is 2.97. The van der Waals surface area contributed by atoms with Crippen molar-refractivity contribution in [1.29, 1.82) is 0 Å². The summed E-state index contributed by atoms with van der Waals surface area (Å²) in [6.45, 7) is 1.71. The number of likely N-dealkylation sites (N-methyl/N-ethyl adjacent to an activating group) is 2. The number of rotatable bonds is 6. The molecule has 0 unspecified atom stereocenters. The van der Waals surface area contributed by atoms with Gasteiger partial charge in [0, 0.05) is 25.3 Å². The molecule has 1 fully saturated rings. The molecule has 1 aliphatic carbocycles. The fourth-order valence-electron chi connectivity index (χ4n) is 2.97. The summed E-state index contributed by atoms with van der Waals surface area (Å²) in [4.78, 5) is 9.22. The van der Waals surface area contributed by atoms with Crippen LogP contribution in [-0.4, -0.2) is 49.7 Å². The molecule has 4 nitrogen and oxygen atoms in total. The van der Waals surface area contributed by atoms with E-state index >= 15 is 0 Å². The number of hydrogen-bond acceptors (Lipinski definition) is 4. The summed E-state index contributed by atoms with van der Waals surface area (Å²) in [5.74, 6) is 1.08. The van der Waals surface area contributed by atoms with Crippen molar-refractivity contribution in [1.82, 2.24) is 9.88 Å². The monoisotopic (exact) mass is 262 g/mol. The van der Waals surface area contributed by atoms with E-state index in [1.54, 1.807) is 0 Å². The standard InChI is InChI=1S/C15H26N4/c1-18(2)15(8-5-9-15)12-19(3)14-13(7-10-16)6-4-11-17-14/h4,6,11H,5,7-10,12,16H2,1-3H3. The van der Waals surface area contributed by atoms with Crippen LogP contribution in [0.1, 0.15) is 24.8 Å².